The van der Waals surface area contributed by atoms with Gasteiger partial charge >= 0.3 is 0 Å². The Hall–Kier alpha value is -1.19. The minimum absolute atomic E-state index is 0.0590. The van der Waals surface area contributed by atoms with Crippen LogP contribution in [0.2, 0.25) is 0 Å². The highest BCUT2D eigenvalue weighted by molar-refractivity contribution is 5.97. The second-order valence-corrected chi connectivity index (χ2v) is 5.50. The van der Waals surface area contributed by atoms with Crippen LogP contribution in [0.15, 0.2) is 30.3 Å². The summed E-state index contributed by atoms with van der Waals surface area (Å²) in [6.07, 6.45) is 1.18. The number of carbonyl (C=O) groups excluding carboxylic acids is 1. The van der Waals surface area contributed by atoms with E-state index < -0.39 is 0 Å². The highest BCUT2D eigenvalue weighted by atomic mass is 16.5. The van der Waals surface area contributed by atoms with Crippen molar-refractivity contribution in [3.8, 4) is 0 Å². The zero-order valence-corrected chi connectivity index (χ0v) is 11.8. The summed E-state index contributed by atoms with van der Waals surface area (Å²) in [6, 6.07) is 9.58. The van der Waals surface area contributed by atoms with E-state index in [2.05, 4.69) is 4.90 Å². The summed E-state index contributed by atoms with van der Waals surface area (Å²) in [7, 11) is 1.75. The van der Waals surface area contributed by atoms with E-state index in [-0.39, 0.29) is 11.7 Å². The minimum atomic E-state index is 0.0590. The van der Waals surface area contributed by atoms with Gasteiger partial charge in [-0.1, -0.05) is 37.3 Å². The molecule has 2 atom stereocenters. The van der Waals surface area contributed by atoms with Crippen molar-refractivity contribution >= 4 is 5.78 Å². The third-order valence-corrected chi connectivity index (χ3v) is 3.81. The number of hydrogen-bond acceptors (Lipinski definition) is 3. The number of likely N-dealkylation sites (tertiary alicyclic amines) is 1. The van der Waals surface area contributed by atoms with E-state index in [1.54, 1.807) is 7.11 Å². The molecule has 1 fully saturated rings. The molecular formula is C16H23NO2. The lowest BCUT2D eigenvalue weighted by Gasteiger charge is -2.20. The molecule has 1 aliphatic rings. The second-order valence-electron chi connectivity index (χ2n) is 5.50. The first-order valence-corrected chi connectivity index (χ1v) is 7.01. The molecule has 1 saturated heterocycles. The van der Waals surface area contributed by atoms with E-state index in [1.165, 1.54) is 6.42 Å². The lowest BCUT2D eigenvalue weighted by atomic mass is 9.99. The Balaban J connectivity index is 1.85. The zero-order chi connectivity index (χ0) is 13.7. The number of methoxy groups -OCH3 is 1. The van der Waals surface area contributed by atoms with Gasteiger partial charge in [0.2, 0.25) is 0 Å². The van der Waals surface area contributed by atoms with Crippen LogP contribution >= 0.6 is 0 Å². The number of ether oxygens (including phenoxy) is 1. The SMILES string of the molecule is COCC1CCN(CC(C)C(=O)c2ccccc2)C1. The van der Waals surface area contributed by atoms with Gasteiger partial charge in [-0.25, -0.2) is 0 Å². The zero-order valence-electron chi connectivity index (χ0n) is 11.8. The first-order valence-electron chi connectivity index (χ1n) is 7.01. The highest BCUT2D eigenvalue weighted by Crippen LogP contribution is 2.19. The third-order valence-electron chi connectivity index (χ3n) is 3.81. The van der Waals surface area contributed by atoms with Crippen molar-refractivity contribution < 1.29 is 9.53 Å². The Morgan fingerprint density at radius 3 is 2.84 bits per heavy atom. The van der Waals surface area contributed by atoms with E-state index in [0.29, 0.717) is 5.92 Å². The molecule has 0 N–H and O–H groups in total. The van der Waals surface area contributed by atoms with E-state index in [1.807, 2.05) is 37.3 Å². The van der Waals surface area contributed by atoms with E-state index >= 15 is 0 Å². The molecule has 1 heterocycles. The van der Waals surface area contributed by atoms with Crippen molar-refractivity contribution in [1.82, 2.24) is 4.90 Å². The van der Waals surface area contributed by atoms with E-state index in [4.69, 9.17) is 4.74 Å². The standard InChI is InChI=1S/C16H23NO2/c1-13(16(18)15-6-4-3-5-7-15)10-17-9-8-14(11-17)12-19-2/h3-7,13-14H,8-12H2,1-2H3. The van der Waals surface area contributed by atoms with Crippen molar-refractivity contribution in [2.45, 2.75) is 13.3 Å². The average molecular weight is 261 g/mol. The summed E-state index contributed by atoms with van der Waals surface area (Å²) in [4.78, 5) is 14.7. The molecular weight excluding hydrogens is 238 g/mol. The molecule has 0 aromatic heterocycles. The molecule has 0 spiro atoms. The van der Waals surface area contributed by atoms with Crippen LogP contribution in [0.25, 0.3) is 0 Å². The van der Waals surface area contributed by atoms with Crippen LogP contribution in [0.1, 0.15) is 23.7 Å². The fraction of sp³-hybridized carbons (Fsp3) is 0.562. The number of rotatable bonds is 6. The molecule has 0 radical (unpaired) electrons. The molecule has 0 saturated carbocycles. The molecule has 3 heteroatoms. The molecule has 2 rings (SSSR count). The summed E-state index contributed by atoms with van der Waals surface area (Å²) >= 11 is 0. The number of Topliss-reactive ketones (excluding diaryl/α,β-unsaturated/α-hetero) is 1. The lowest BCUT2D eigenvalue weighted by molar-refractivity contribution is 0.0898. The van der Waals surface area contributed by atoms with Crippen molar-refractivity contribution in [3.63, 3.8) is 0 Å². The summed E-state index contributed by atoms with van der Waals surface area (Å²) < 4.78 is 5.20. The van der Waals surface area contributed by atoms with Gasteiger partial charge in [0.15, 0.2) is 5.78 Å². The maximum Gasteiger partial charge on any atom is 0.166 e. The monoisotopic (exact) mass is 261 g/mol. The molecule has 19 heavy (non-hydrogen) atoms. The van der Waals surface area contributed by atoms with Gasteiger partial charge in [-0.2, -0.15) is 0 Å². The molecule has 0 bridgehead atoms. The van der Waals surface area contributed by atoms with Crippen molar-refractivity contribution in [3.05, 3.63) is 35.9 Å². The van der Waals surface area contributed by atoms with Crippen LogP contribution in [-0.4, -0.2) is 44.0 Å². The average Bonchev–Trinajstić information content (AvgIpc) is 2.86. The Labute approximate surface area is 115 Å². The topological polar surface area (TPSA) is 29.5 Å². The lowest BCUT2D eigenvalue weighted by Crippen LogP contribution is -2.30. The van der Waals surface area contributed by atoms with Gasteiger partial charge < -0.3 is 9.64 Å². The largest absolute Gasteiger partial charge is 0.384 e. The van der Waals surface area contributed by atoms with Crippen LogP contribution in [0.4, 0.5) is 0 Å². The van der Waals surface area contributed by atoms with Gasteiger partial charge in [0.25, 0.3) is 0 Å². The van der Waals surface area contributed by atoms with Crippen LogP contribution in [-0.2, 0) is 4.74 Å². The molecule has 0 aliphatic carbocycles. The van der Waals surface area contributed by atoms with Gasteiger partial charge in [0.05, 0.1) is 6.61 Å². The van der Waals surface area contributed by atoms with Crippen LogP contribution < -0.4 is 0 Å². The molecule has 104 valence electrons. The number of benzene rings is 1. The van der Waals surface area contributed by atoms with Crippen LogP contribution in [0, 0.1) is 11.8 Å². The summed E-state index contributed by atoms with van der Waals surface area (Å²) in [5.41, 5.74) is 0.822. The summed E-state index contributed by atoms with van der Waals surface area (Å²) in [5.74, 6) is 0.934. The predicted molar refractivity (Wildman–Crippen MR) is 76.4 cm³/mol. The van der Waals surface area contributed by atoms with Gasteiger partial charge in [0.1, 0.15) is 0 Å². The van der Waals surface area contributed by atoms with Gasteiger partial charge in [-0.15, -0.1) is 0 Å². The van der Waals surface area contributed by atoms with E-state index in [0.717, 1.165) is 31.8 Å². The maximum absolute atomic E-state index is 12.3. The quantitative estimate of drug-likeness (QED) is 0.737. The normalized spacial score (nSPS) is 21.5. The summed E-state index contributed by atoms with van der Waals surface area (Å²) in [6.45, 7) is 5.85. The van der Waals surface area contributed by atoms with Crippen molar-refractivity contribution in [2.24, 2.45) is 11.8 Å². The fourth-order valence-electron chi connectivity index (χ4n) is 2.81. The smallest absolute Gasteiger partial charge is 0.166 e. The van der Waals surface area contributed by atoms with Gasteiger partial charge in [-0.3, -0.25) is 4.79 Å². The number of ketones is 1. The molecule has 1 aromatic rings. The van der Waals surface area contributed by atoms with Gasteiger partial charge in [-0.05, 0) is 18.9 Å². The number of nitrogens with zero attached hydrogens (tertiary/aromatic N) is 1. The Kier molecular flexibility index (Phi) is 5.11. The molecule has 2 unspecified atom stereocenters. The molecule has 0 amide bonds. The van der Waals surface area contributed by atoms with Crippen LogP contribution in [0.5, 0.6) is 0 Å². The first-order chi connectivity index (χ1) is 9.20. The maximum atomic E-state index is 12.3. The van der Waals surface area contributed by atoms with Crippen LogP contribution in [0.3, 0.4) is 0 Å². The van der Waals surface area contributed by atoms with E-state index in [9.17, 15) is 4.79 Å². The molecule has 1 aliphatic heterocycles. The third kappa shape index (κ3) is 3.88. The minimum Gasteiger partial charge on any atom is -0.384 e. The molecule has 3 nitrogen and oxygen atoms in total. The fourth-order valence-corrected chi connectivity index (χ4v) is 2.81. The highest BCUT2D eigenvalue weighted by Gasteiger charge is 2.25. The molecule has 1 aromatic carbocycles. The van der Waals surface area contributed by atoms with Gasteiger partial charge in [0, 0.05) is 31.7 Å². The van der Waals surface area contributed by atoms with Crippen molar-refractivity contribution in [1.29, 1.82) is 0 Å². The Morgan fingerprint density at radius 2 is 2.16 bits per heavy atom. The predicted octanol–water partition coefficient (Wildman–Crippen LogP) is 2.47. The summed E-state index contributed by atoms with van der Waals surface area (Å²) in [5, 5.41) is 0. The number of carbonyl (C=O) groups is 1. The Bertz CT molecular complexity index is 404. The van der Waals surface area contributed by atoms with Crippen molar-refractivity contribution in [2.75, 3.05) is 33.4 Å². The Morgan fingerprint density at radius 1 is 1.42 bits per heavy atom. The first kappa shape index (κ1) is 14.2. The second kappa shape index (κ2) is 6.83. The number of hydrogen-bond donors (Lipinski definition) is 0.